The first-order valence-electron chi connectivity index (χ1n) is 16.0. The van der Waals surface area contributed by atoms with Gasteiger partial charge in [-0.25, -0.2) is 0 Å². The molecule has 1 spiro atoms. The van der Waals surface area contributed by atoms with Crippen molar-refractivity contribution in [3.8, 4) is 0 Å². The number of hydrogen-bond acceptors (Lipinski definition) is 5. The minimum atomic E-state index is -1.18. The summed E-state index contributed by atoms with van der Waals surface area (Å²) in [5.74, 6) is -2.30. The Morgan fingerprint density at radius 3 is 2.28 bits per heavy atom. The lowest BCUT2D eigenvalue weighted by Gasteiger charge is -2.37. The van der Waals surface area contributed by atoms with Crippen molar-refractivity contribution in [3.05, 3.63) is 98.1 Å². The van der Waals surface area contributed by atoms with Crippen molar-refractivity contribution in [1.82, 2.24) is 4.90 Å². The maximum absolute atomic E-state index is 14.9. The standard InChI is InChI=1S/C37H40BrN3O5/c1-3-19-39(27-15-7-5-8-16-27)34(43)30-31-35(44)41(21-11-6-12-22-42)33(37(31)24-29(38)32(30)46-37)36(45)40(20-4-2)28-18-17-25-13-9-10-14-26(25)23-28/h3-5,7-10,13-18,23,29-33,42H,1-2,6,11-12,19-22,24H2/t29?,30-,31-,32-,33?,37?/m0/s1. The van der Waals surface area contributed by atoms with E-state index in [2.05, 4.69) is 29.1 Å². The number of halogens is 1. The van der Waals surface area contributed by atoms with E-state index in [1.807, 2.05) is 72.8 Å². The number of unbranched alkanes of at least 4 members (excludes halogenated alkanes) is 2. The van der Waals surface area contributed by atoms with Gasteiger partial charge in [0.1, 0.15) is 11.6 Å². The summed E-state index contributed by atoms with van der Waals surface area (Å²) in [5, 5.41) is 11.4. The molecule has 46 heavy (non-hydrogen) atoms. The van der Waals surface area contributed by atoms with Crippen molar-refractivity contribution in [2.75, 3.05) is 36.0 Å². The number of alkyl halides is 1. The second-order valence-corrected chi connectivity index (χ2v) is 13.5. The first kappa shape index (κ1) is 32.2. The van der Waals surface area contributed by atoms with Gasteiger partial charge in [-0.15, -0.1) is 13.2 Å². The maximum atomic E-state index is 14.9. The van der Waals surface area contributed by atoms with Gasteiger partial charge in [0.25, 0.3) is 5.91 Å². The zero-order chi connectivity index (χ0) is 32.4. The number of hydrogen-bond donors (Lipinski definition) is 1. The largest absolute Gasteiger partial charge is 0.396 e. The van der Waals surface area contributed by atoms with Gasteiger partial charge in [-0.2, -0.15) is 0 Å². The molecule has 3 fully saturated rings. The maximum Gasteiger partial charge on any atom is 0.253 e. The highest BCUT2D eigenvalue weighted by atomic mass is 79.9. The molecule has 240 valence electrons. The van der Waals surface area contributed by atoms with Crippen LogP contribution in [0.1, 0.15) is 25.7 Å². The van der Waals surface area contributed by atoms with Crippen molar-refractivity contribution >= 4 is 55.8 Å². The molecule has 2 bridgehead atoms. The Morgan fingerprint density at radius 1 is 0.913 bits per heavy atom. The summed E-state index contributed by atoms with van der Waals surface area (Å²) in [5.41, 5.74) is 0.229. The SMILES string of the molecule is C=CCN(C(=O)C1N(CCCCCO)C(=O)[C@@H]2[C@H](C(=O)N(CC=C)c3ccccc3)[C@H]3OC12CC3Br)c1ccc2ccccc2c1. The first-order chi connectivity index (χ1) is 22.4. The van der Waals surface area contributed by atoms with Crippen LogP contribution in [0.3, 0.4) is 0 Å². The fourth-order valence-corrected chi connectivity index (χ4v) is 8.63. The fraction of sp³-hybridized carbons (Fsp3) is 0.378. The highest BCUT2D eigenvalue weighted by Crippen LogP contribution is 2.60. The van der Waals surface area contributed by atoms with Gasteiger partial charge in [0.05, 0.1) is 17.9 Å². The van der Waals surface area contributed by atoms with Crippen LogP contribution < -0.4 is 9.80 Å². The van der Waals surface area contributed by atoms with Crippen LogP contribution in [0.15, 0.2) is 98.1 Å². The van der Waals surface area contributed by atoms with E-state index in [0.717, 1.165) is 10.8 Å². The fourth-order valence-electron chi connectivity index (χ4n) is 7.69. The van der Waals surface area contributed by atoms with E-state index < -0.39 is 29.6 Å². The van der Waals surface area contributed by atoms with Crippen LogP contribution in [-0.2, 0) is 19.1 Å². The molecule has 3 aromatic rings. The van der Waals surface area contributed by atoms with Gasteiger partial charge in [-0.1, -0.05) is 76.6 Å². The van der Waals surface area contributed by atoms with Crippen molar-refractivity contribution in [1.29, 1.82) is 0 Å². The van der Waals surface area contributed by atoms with E-state index in [0.29, 0.717) is 43.6 Å². The minimum absolute atomic E-state index is 0.0587. The lowest BCUT2D eigenvalue weighted by Crippen LogP contribution is -2.57. The highest BCUT2D eigenvalue weighted by molar-refractivity contribution is 9.09. The summed E-state index contributed by atoms with van der Waals surface area (Å²) in [6, 6.07) is 22.3. The summed E-state index contributed by atoms with van der Waals surface area (Å²) in [7, 11) is 0. The van der Waals surface area contributed by atoms with Crippen molar-refractivity contribution < 1.29 is 24.2 Å². The van der Waals surface area contributed by atoms with Crippen LogP contribution in [0.2, 0.25) is 0 Å². The third-order valence-corrected chi connectivity index (χ3v) is 10.5. The van der Waals surface area contributed by atoms with Gasteiger partial charge in [0, 0.05) is 42.4 Å². The predicted octanol–water partition coefficient (Wildman–Crippen LogP) is 5.49. The molecule has 3 aromatic carbocycles. The van der Waals surface area contributed by atoms with Gasteiger partial charge in [-0.3, -0.25) is 14.4 Å². The second kappa shape index (κ2) is 13.5. The Morgan fingerprint density at radius 2 is 1.59 bits per heavy atom. The third kappa shape index (κ3) is 5.48. The molecule has 0 aromatic heterocycles. The highest BCUT2D eigenvalue weighted by Gasteiger charge is 2.77. The number of amides is 3. The number of fused-ring (bicyclic) bond motifs is 2. The van der Waals surface area contributed by atoms with Crippen molar-refractivity contribution in [2.45, 2.75) is 48.3 Å². The summed E-state index contributed by atoms with van der Waals surface area (Å²) in [4.78, 5) is 48.8. The molecule has 3 heterocycles. The number of para-hydroxylation sites is 1. The number of nitrogens with zero attached hydrogens (tertiary/aromatic N) is 3. The van der Waals surface area contributed by atoms with Crippen LogP contribution in [0.4, 0.5) is 11.4 Å². The molecular formula is C37H40BrN3O5. The smallest absolute Gasteiger partial charge is 0.253 e. The van der Waals surface area contributed by atoms with E-state index in [4.69, 9.17) is 4.74 Å². The van der Waals surface area contributed by atoms with Gasteiger partial charge in [0.15, 0.2) is 0 Å². The van der Waals surface area contributed by atoms with Crippen molar-refractivity contribution in [3.63, 3.8) is 0 Å². The molecule has 3 unspecified atom stereocenters. The Kier molecular flexibility index (Phi) is 9.45. The number of anilines is 2. The molecule has 3 saturated heterocycles. The van der Waals surface area contributed by atoms with E-state index >= 15 is 0 Å². The van der Waals surface area contributed by atoms with E-state index in [9.17, 15) is 19.5 Å². The van der Waals surface area contributed by atoms with E-state index in [1.165, 1.54) is 0 Å². The zero-order valence-electron chi connectivity index (χ0n) is 25.8. The van der Waals surface area contributed by atoms with Crippen LogP contribution in [0, 0.1) is 11.8 Å². The molecule has 8 nitrogen and oxygen atoms in total. The number of aliphatic hydroxyl groups is 1. The van der Waals surface area contributed by atoms with E-state index in [-0.39, 0.29) is 42.2 Å². The molecule has 0 saturated carbocycles. The Hall–Kier alpha value is -3.79. The lowest BCUT2D eigenvalue weighted by molar-refractivity contribution is -0.140. The normalized spacial score (nSPS) is 26.3. The summed E-state index contributed by atoms with van der Waals surface area (Å²) in [6.45, 7) is 8.70. The molecule has 6 atom stereocenters. The number of ether oxygens (including phenoxy) is 1. The predicted molar refractivity (Wildman–Crippen MR) is 184 cm³/mol. The monoisotopic (exact) mass is 685 g/mol. The molecule has 6 rings (SSSR count). The number of aliphatic hydroxyl groups excluding tert-OH is 1. The topological polar surface area (TPSA) is 90.4 Å². The lowest BCUT2D eigenvalue weighted by atomic mass is 9.70. The zero-order valence-corrected chi connectivity index (χ0v) is 27.4. The number of carbonyl (C=O) groups is 3. The van der Waals surface area contributed by atoms with Gasteiger partial charge >= 0.3 is 0 Å². The molecule has 3 aliphatic rings. The molecular weight excluding hydrogens is 646 g/mol. The Labute approximate surface area is 278 Å². The summed E-state index contributed by atoms with van der Waals surface area (Å²) >= 11 is 3.79. The van der Waals surface area contributed by atoms with Crippen LogP contribution in [0.25, 0.3) is 10.8 Å². The van der Waals surface area contributed by atoms with Gasteiger partial charge < -0.3 is 24.5 Å². The number of benzene rings is 3. The Bertz CT molecular complexity index is 1630. The number of rotatable bonds is 13. The summed E-state index contributed by atoms with van der Waals surface area (Å²) in [6.07, 6.45) is 5.13. The number of likely N-dealkylation sites (tertiary alicyclic amines) is 1. The van der Waals surface area contributed by atoms with Gasteiger partial charge in [0.2, 0.25) is 11.8 Å². The average Bonchev–Trinajstić information content (AvgIpc) is 3.67. The van der Waals surface area contributed by atoms with E-state index in [1.54, 1.807) is 26.9 Å². The molecule has 3 amide bonds. The minimum Gasteiger partial charge on any atom is -0.396 e. The van der Waals surface area contributed by atoms with Gasteiger partial charge in [-0.05, 0) is 60.7 Å². The first-order valence-corrected chi connectivity index (χ1v) is 16.9. The van der Waals surface area contributed by atoms with Crippen LogP contribution >= 0.6 is 15.9 Å². The molecule has 0 aliphatic carbocycles. The Balaban J connectivity index is 1.41. The molecule has 1 N–H and O–H groups in total. The number of carbonyl (C=O) groups excluding carboxylic acids is 3. The average molecular weight is 687 g/mol. The molecule has 3 aliphatic heterocycles. The van der Waals surface area contributed by atoms with Crippen molar-refractivity contribution in [2.24, 2.45) is 11.8 Å². The molecule has 0 radical (unpaired) electrons. The van der Waals surface area contributed by atoms with Crippen LogP contribution in [-0.4, -0.2) is 76.5 Å². The summed E-state index contributed by atoms with van der Waals surface area (Å²) < 4.78 is 6.79. The van der Waals surface area contributed by atoms with Crippen LogP contribution in [0.5, 0.6) is 0 Å². The quantitative estimate of drug-likeness (QED) is 0.146. The third-order valence-electron chi connectivity index (χ3n) is 9.63. The second-order valence-electron chi connectivity index (χ2n) is 12.3. The molecule has 9 heteroatoms.